The topological polar surface area (TPSA) is 74.9 Å². The van der Waals surface area contributed by atoms with Crippen LogP contribution in [0.2, 0.25) is 0 Å². The van der Waals surface area contributed by atoms with Gasteiger partial charge >= 0.3 is 5.97 Å². The number of imidazole rings is 1. The number of nitrogens with zero attached hydrogens (tertiary/aromatic N) is 3. The van der Waals surface area contributed by atoms with Crippen molar-refractivity contribution in [1.82, 2.24) is 14.3 Å². The number of hydrogen-bond acceptors (Lipinski definition) is 4. The Morgan fingerprint density at radius 3 is 3.00 bits per heavy atom. The highest BCUT2D eigenvalue weighted by atomic mass is 32.1. The average Bonchev–Trinajstić information content (AvgIpc) is 2.76. The Bertz CT molecular complexity index is 531. The molecule has 0 aliphatic carbocycles. The summed E-state index contributed by atoms with van der Waals surface area (Å²) in [6.07, 6.45) is 3.76. The first-order valence-electron chi connectivity index (χ1n) is 4.93. The van der Waals surface area contributed by atoms with Crippen LogP contribution in [0.1, 0.15) is 5.69 Å². The fourth-order valence-corrected chi connectivity index (χ4v) is 2.16. The van der Waals surface area contributed by atoms with Crippen LogP contribution in [0, 0.1) is 0 Å². The van der Waals surface area contributed by atoms with Crippen molar-refractivity contribution >= 4 is 28.2 Å². The Balaban J connectivity index is 2.03. The average molecular weight is 253 g/mol. The van der Waals surface area contributed by atoms with Crippen LogP contribution in [0.15, 0.2) is 17.8 Å². The van der Waals surface area contributed by atoms with Crippen LogP contribution in [-0.2, 0) is 16.0 Å². The van der Waals surface area contributed by atoms with Gasteiger partial charge in [-0.05, 0) is 0 Å². The molecular formula is C10H11N3O3S. The third kappa shape index (κ3) is 2.62. The van der Waals surface area contributed by atoms with Gasteiger partial charge in [-0.2, -0.15) is 0 Å². The van der Waals surface area contributed by atoms with E-state index in [1.165, 1.54) is 23.3 Å². The molecule has 6 nitrogen and oxygen atoms in total. The molecule has 1 amide bonds. The molecule has 7 heteroatoms. The number of thiazole rings is 1. The van der Waals surface area contributed by atoms with E-state index in [4.69, 9.17) is 5.11 Å². The van der Waals surface area contributed by atoms with Crippen molar-refractivity contribution in [3.63, 3.8) is 0 Å². The molecule has 0 aromatic carbocycles. The van der Waals surface area contributed by atoms with Gasteiger partial charge in [0.25, 0.3) is 0 Å². The van der Waals surface area contributed by atoms with E-state index in [1.807, 2.05) is 16.0 Å². The van der Waals surface area contributed by atoms with E-state index >= 15 is 0 Å². The number of aliphatic carboxylic acids is 1. The van der Waals surface area contributed by atoms with Crippen LogP contribution in [0.5, 0.6) is 0 Å². The van der Waals surface area contributed by atoms with Gasteiger partial charge in [-0.25, -0.2) is 4.98 Å². The quantitative estimate of drug-likeness (QED) is 0.860. The SMILES string of the molecule is CN(CC(=O)O)C(=O)Cc1cn2ccsc2n1. The third-order valence-corrected chi connectivity index (χ3v) is 3.04. The lowest BCUT2D eigenvalue weighted by Crippen LogP contribution is -2.33. The van der Waals surface area contributed by atoms with Crippen molar-refractivity contribution in [2.24, 2.45) is 0 Å². The molecule has 0 spiro atoms. The molecule has 0 unspecified atom stereocenters. The zero-order valence-electron chi connectivity index (χ0n) is 9.16. The number of amides is 1. The molecule has 90 valence electrons. The smallest absolute Gasteiger partial charge is 0.323 e. The first-order valence-corrected chi connectivity index (χ1v) is 5.81. The highest BCUT2D eigenvalue weighted by Crippen LogP contribution is 2.12. The summed E-state index contributed by atoms with van der Waals surface area (Å²) in [4.78, 5) is 28.4. The van der Waals surface area contributed by atoms with Gasteiger partial charge in [0, 0.05) is 24.8 Å². The number of carbonyl (C=O) groups is 2. The van der Waals surface area contributed by atoms with Gasteiger partial charge < -0.3 is 10.0 Å². The Morgan fingerprint density at radius 2 is 2.35 bits per heavy atom. The predicted octanol–water partition coefficient (Wildman–Crippen LogP) is 0.481. The number of fused-ring (bicyclic) bond motifs is 1. The van der Waals surface area contributed by atoms with Crippen molar-refractivity contribution in [1.29, 1.82) is 0 Å². The number of carbonyl (C=O) groups excluding carboxylic acids is 1. The van der Waals surface area contributed by atoms with Crippen LogP contribution in [0.4, 0.5) is 0 Å². The molecule has 0 saturated heterocycles. The summed E-state index contributed by atoms with van der Waals surface area (Å²) in [5.74, 6) is -1.27. The van der Waals surface area contributed by atoms with Gasteiger partial charge in [-0.15, -0.1) is 11.3 Å². The highest BCUT2D eigenvalue weighted by molar-refractivity contribution is 7.15. The Labute approximate surface area is 101 Å². The number of likely N-dealkylation sites (N-methyl/N-ethyl adjacent to an activating group) is 1. The molecular weight excluding hydrogens is 242 g/mol. The van der Waals surface area contributed by atoms with Gasteiger partial charge in [0.1, 0.15) is 6.54 Å². The number of carboxylic acid groups (broad SMARTS) is 1. The van der Waals surface area contributed by atoms with Crippen LogP contribution in [0.25, 0.3) is 4.96 Å². The first kappa shape index (κ1) is 11.6. The lowest BCUT2D eigenvalue weighted by atomic mass is 10.3. The zero-order chi connectivity index (χ0) is 12.4. The van der Waals surface area contributed by atoms with Crippen LogP contribution in [-0.4, -0.2) is 44.9 Å². The molecule has 0 radical (unpaired) electrons. The van der Waals surface area contributed by atoms with E-state index in [0.29, 0.717) is 5.69 Å². The Hall–Kier alpha value is -1.89. The monoisotopic (exact) mass is 253 g/mol. The molecule has 0 fully saturated rings. The van der Waals surface area contributed by atoms with Gasteiger partial charge in [0.2, 0.25) is 5.91 Å². The van der Waals surface area contributed by atoms with E-state index in [2.05, 4.69) is 4.98 Å². The van der Waals surface area contributed by atoms with Crippen molar-refractivity contribution in [3.8, 4) is 0 Å². The molecule has 17 heavy (non-hydrogen) atoms. The molecule has 0 aliphatic rings. The Morgan fingerprint density at radius 1 is 1.59 bits per heavy atom. The van der Waals surface area contributed by atoms with E-state index in [9.17, 15) is 9.59 Å². The van der Waals surface area contributed by atoms with Gasteiger partial charge in [0.05, 0.1) is 12.1 Å². The first-order chi connectivity index (χ1) is 8.06. The van der Waals surface area contributed by atoms with Crippen molar-refractivity contribution in [3.05, 3.63) is 23.5 Å². The second-order valence-electron chi connectivity index (χ2n) is 3.65. The number of carboxylic acids is 1. The minimum atomic E-state index is -1.02. The minimum absolute atomic E-state index is 0.123. The molecule has 2 aromatic rings. The summed E-state index contributed by atoms with van der Waals surface area (Å²) in [5.41, 5.74) is 0.652. The molecule has 2 rings (SSSR count). The summed E-state index contributed by atoms with van der Waals surface area (Å²) < 4.78 is 1.84. The van der Waals surface area contributed by atoms with E-state index < -0.39 is 5.97 Å². The summed E-state index contributed by atoms with van der Waals surface area (Å²) >= 11 is 1.49. The number of aromatic nitrogens is 2. The summed E-state index contributed by atoms with van der Waals surface area (Å²) in [6.45, 7) is -0.291. The van der Waals surface area contributed by atoms with E-state index in [1.54, 1.807) is 6.20 Å². The maximum absolute atomic E-state index is 11.7. The molecule has 0 saturated carbocycles. The van der Waals surface area contributed by atoms with Crippen LogP contribution < -0.4 is 0 Å². The van der Waals surface area contributed by atoms with Crippen molar-refractivity contribution in [2.45, 2.75) is 6.42 Å². The summed E-state index contributed by atoms with van der Waals surface area (Å²) in [5, 5.41) is 10.5. The fraction of sp³-hybridized carbons (Fsp3) is 0.300. The second kappa shape index (κ2) is 4.54. The van der Waals surface area contributed by atoms with Crippen molar-refractivity contribution in [2.75, 3.05) is 13.6 Å². The summed E-state index contributed by atoms with van der Waals surface area (Å²) in [7, 11) is 1.47. The molecule has 0 aliphatic heterocycles. The number of rotatable bonds is 4. The van der Waals surface area contributed by atoms with Gasteiger partial charge in [-0.3, -0.25) is 14.0 Å². The van der Waals surface area contributed by atoms with E-state index in [-0.39, 0.29) is 18.9 Å². The second-order valence-corrected chi connectivity index (χ2v) is 4.52. The minimum Gasteiger partial charge on any atom is -0.480 e. The fourth-order valence-electron chi connectivity index (χ4n) is 1.44. The predicted molar refractivity (Wildman–Crippen MR) is 62.0 cm³/mol. The van der Waals surface area contributed by atoms with Gasteiger partial charge in [0.15, 0.2) is 4.96 Å². The normalized spacial score (nSPS) is 10.6. The lowest BCUT2D eigenvalue weighted by molar-refractivity contribution is -0.143. The summed E-state index contributed by atoms with van der Waals surface area (Å²) in [6, 6.07) is 0. The molecule has 1 N–H and O–H groups in total. The molecule has 0 atom stereocenters. The maximum Gasteiger partial charge on any atom is 0.323 e. The lowest BCUT2D eigenvalue weighted by Gasteiger charge is -2.13. The largest absolute Gasteiger partial charge is 0.480 e. The molecule has 2 heterocycles. The van der Waals surface area contributed by atoms with E-state index in [0.717, 1.165) is 4.96 Å². The van der Waals surface area contributed by atoms with Gasteiger partial charge in [-0.1, -0.05) is 0 Å². The zero-order valence-corrected chi connectivity index (χ0v) is 9.98. The molecule has 0 bridgehead atoms. The Kier molecular flexibility index (Phi) is 3.10. The third-order valence-electron chi connectivity index (χ3n) is 2.27. The standard InChI is InChI=1S/C10H11N3O3S/c1-12(6-9(15)16)8(14)4-7-5-13-2-3-17-10(13)11-7/h2-3,5H,4,6H2,1H3,(H,15,16). The number of hydrogen-bond donors (Lipinski definition) is 1. The van der Waals surface area contributed by atoms with Crippen molar-refractivity contribution < 1.29 is 14.7 Å². The maximum atomic E-state index is 11.7. The highest BCUT2D eigenvalue weighted by Gasteiger charge is 2.14. The molecule has 2 aromatic heterocycles. The van der Waals surface area contributed by atoms with Crippen LogP contribution in [0.3, 0.4) is 0 Å². The van der Waals surface area contributed by atoms with Crippen LogP contribution >= 0.6 is 11.3 Å².